The second kappa shape index (κ2) is 7.09. The minimum absolute atomic E-state index is 0.0863. The highest BCUT2D eigenvalue weighted by molar-refractivity contribution is 7.89. The molecule has 2 N–H and O–H groups in total. The van der Waals surface area contributed by atoms with Crippen LogP contribution in [0.4, 0.5) is 5.69 Å². The van der Waals surface area contributed by atoms with Crippen LogP contribution in [-0.4, -0.2) is 26.4 Å². The van der Waals surface area contributed by atoms with Crippen molar-refractivity contribution in [3.05, 3.63) is 68.7 Å². The fourth-order valence-electron chi connectivity index (χ4n) is 2.90. The normalized spacial score (nSPS) is 17.1. The number of nitro benzene ring substituents is 1. The molecule has 25 heavy (non-hydrogen) atoms. The quantitative estimate of drug-likeness (QED) is 0.611. The molecule has 0 saturated carbocycles. The van der Waals surface area contributed by atoms with Crippen molar-refractivity contribution in [2.75, 3.05) is 13.1 Å². The van der Waals surface area contributed by atoms with Crippen molar-refractivity contribution < 1.29 is 13.3 Å². The van der Waals surface area contributed by atoms with E-state index in [1.807, 2.05) is 24.3 Å². The standard InChI is InChI=1S/C16H16ClN3O4S/c17-12-5-6-15(20(21)22)16(9-12)25(23,24)19-10-14-13-4-2-1-3-11(13)7-8-18-14/h1-6,9,14,18-19H,7-8,10H2. The number of nitrogens with one attached hydrogen (secondary N) is 2. The molecule has 0 saturated heterocycles. The van der Waals surface area contributed by atoms with E-state index < -0.39 is 25.5 Å². The summed E-state index contributed by atoms with van der Waals surface area (Å²) in [6.45, 7) is 0.823. The van der Waals surface area contributed by atoms with Crippen molar-refractivity contribution in [2.24, 2.45) is 0 Å². The fraction of sp³-hybridized carbons (Fsp3) is 0.250. The molecular formula is C16H16ClN3O4S. The minimum Gasteiger partial charge on any atom is -0.308 e. The van der Waals surface area contributed by atoms with Crippen molar-refractivity contribution in [1.82, 2.24) is 10.0 Å². The predicted octanol–water partition coefficient (Wildman–Crippen LogP) is 2.41. The van der Waals surface area contributed by atoms with Crippen LogP contribution in [0.3, 0.4) is 0 Å². The van der Waals surface area contributed by atoms with E-state index in [1.165, 1.54) is 11.6 Å². The third kappa shape index (κ3) is 3.82. The Morgan fingerprint density at radius 2 is 2.04 bits per heavy atom. The molecule has 1 aliphatic rings. The van der Waals surface area contributed by atoms with Crippen LogP contribution in [0.5, 0.6) is 0 Å². The summed E-state index contributed by atoms with van der Waals surface area (Å²) >= 11 is 5.82. The van der Waals surface area contributed by atoms with Crippen molar-refractivity contribution >= 4 is 27.3 Å². The monoisotopic (exact) mass is 381 g/mol. The van der Waals surface area contributed by atoms with Crippen molar-refractivity contribution in [3.63, 3.8) is 0 Å². The minimum atomic E-state index is -4.08. The fourth-order valence-corrected chi connectivity index (χ4v) is 4.38. The number of nitrogens with zero attached hydrogens (tertiary/aromatic N) is 1. The van der Waals surface area contributed by atoms with Gasteiger partial charge in [0.25, 0.3) is 5.69 Å². The molecule has 1 aliphatic heterocycles. The zero-order valence-corrected chi connectivity index (χ0v) is 14.7. The van der Waals surface area contributed by atoms with Crippen LogP contribution in [0.1, 0.15) is 17.2 Å². The lowest BCUT2D eigenvalue weighted by atomic mass is 9.95. The van der Waals surface area contributed by atoms with Gasteiger partial charge in [0.1, 0.15) is 0 Å². The Hall–Kier alpha value is -2.00. The summed E-state index contributed by atoms with van der Waals surface area (Å²) in [4.78, 5) is 9.93. The van der Waals surface area contributed by atoms with Gasteiger partial charge in [0.15, 0.2) is 4.90 Å². The van der Waals surface area contributed by atoms with Gasteiger partial charge in [0, 0.05) is 23.7 Å². The molecule has 0 amide bonds. The first-order valence-electron chi connectivity index (χ1n) is 7.63. The molecule has 0 aromatic heterocycles. The molecule has 1 atom stereocenters. The number of hydrogen-bond acceptors (Lipinski definition) is 5. The van der Waals surface area contributed by atoms with Gasteiger partial charge in [-0.2, -0.15) is 0 Å². The van der Waals surface area contributed by atoms with Crippen LogP contribution < -0.4 is 10.0 Å². The van der Waals surface area contributed by atoms with Gasteiger partial charge in [-0.05, 0) is 36.2 Å². The Morgan fingerprint density at radius 1 is 1.28 bits per heavy atom. The van der Waals surface area contributed by atoms with Crippen LogP contribution >= 0.6 is 11.6 Å². The molecule has 0 spiro atoms. The lowest BCUT2D eigenvalue weighted by Crippen LogP contribution is -2.38. The predicted molar refractivity (Wildman–Crippen MR) is 94.2 cm³/mol. The maximum absolute atomic E-state index is 12.6. The Morgan fingerprint density at radius 3 is 2.80 bits per heavy atom. The molecule has 0 aliphatic carbocycles. The van der Waals surface area contributed by atoms with Gasteiger partial charge in [-0.25, -0.2) is 13.1 Å². The summed E-state index contributed by atoms with van der Waals surface area (Å²) in [6, 6.07) is 11.1. The topological polar surface area (TPSA) is 101 Å². The Bertz CT molecular complexity index is 917. The summed E-state index contributed by atoms with van der Waals surface area (Å²) in [5.41, 5.74) is 1.69. The van der Waals surface area contributed by atoms with Crippen molar-refractivity contribution in [2.45, 2.75) is 17.4 Å². The number of benzene rings is 2. The first-order chi connectivity index (χ1) is 11.9. The van der Waals surface area contributed by atoms with Gasteiger partial charge in [0.05, 0.1) is 4.92 Å². The first kappa shape index (κ1) is 17.8. The van der Waals surface area contributed by atoms with Gasteiger partial charge >= 0.3 is 0 Å². The second-order valence-electron chi connectivity index (χ2n) is 5.68. The van der Waals surface area contributed by atoms with E-state index in [1.54, 1.807) is 0 Å². The Kier molecular flexibility index (Phi) is 5.05. The highest BCUT2D eigenvalue weighted by Gasteiger charge is 2.28. The average Bonchev–Trinajstić information content (AvgIpc) is 2.59. The smallest absolute Gasteiger partial charge is 0.289 e. The number of nitro groups is 1. The van der Waals surface area contributed by atoms with Gasteiger partial charge in [-0.1, -0.05) is 35.9 Å². The molecule has 9 heteroatoms. The molecule has 7 nitrogen and oxygen atoms in total. The molecule has 0 fully saturated rings. The van der Waals surface area contributed by atoms with Crippen LogP contribution in [0.25, 0.3) is 0 Å². The van der Waals surface area contributed by atoms with Crippen LogP contribution in [0.2, 0.25) is 5.02 Å². The van der Waals surface area contributed by atoms with E-state index in [-0.39, 0.29) is 17.6 Å². The van der Waals surface area contributed by atoms with Gasteiger partial charge in [-0.3, -0.25) is 10.1 Å². The zero-order valence-electron chi connectivity index (χ0n) is 13.1. The molecule has 0 radical (unpaired) electrons. The molecule has 0 bridgehead atoms. The second-order valence-corrected chi connectivity index (χ2v) is 7.85. The molecule has 132 valence electrons. The van der Waals surface area contributed by atoms with E-state index in [4.69, 9.17) is 11.6 Å². The third-order valence-corrected chi connectivity index (χ3v) is 5.79. The first-order valence-corrected chi connectivity index (χ1v) is 9.49. The Balaban J connectivity index is 1.85. The lowest BCUT2D eigenvalue weighted by molar-refractivity contribution is -0.387. The largest absolute Gasteiger partial charge is 0.308 e. The summed E-state index contributed by atoms with van der Waals surface area (Å²) in [5, 5.41) is 14.5. The van der Waals surface area contributed by atoms with Gasteiger partial charge < -0.3 is 5.32 Å². The van der Waals surface area contributed by atoms with E-state index in [0.717, 1.165) is 30.7 Å². The molecule has 3 rings (SSSR count). The van der Waals surface area contributed by atoms with Crippen molar-refractivity contribution in [3.8, 4) is 0 Å². The highest BCUT2D eigenvalue weighted by atomic mass is 35.5. The Labute approximate surface area is 150 Å². The number of sulfonamides is 1. The molecule has 2 aromatic carbocycles. The SMILES string of the molecule is O=[N+]([O-])c1ccc(Cl)cc1S(=O)(=O)NCC1NCCc2ccccc21. The van der Waals surface area contributed by atoms with Crippen LogP contribution in [-0.2, 0) is 16.4 Å². The summed E-state index contributed by atoms with van der Waals surface area (Å²) in [7, 11) is -4.08. The number of rotatable bonds is 5. The van der Waals surface area contributed by atoms with E-state index in [9.17, 15) is 18.5 Å². The lowest BCUT2D eigenvalue weighted by Gasteiger charge is -2.27. The number of hydrogen-bond donors (Lipinski definition) is 2. The summed E-state index contributed by atoms with van der Waals surface area (Å²) in [5.74, 6) is 0. The highest BCUT2D eigenvalue weighted by Crippen LogP contribution is 2.28. The number of fused-ring (bicyclic) bond motifs is 1. The maximum Gasteiger partial charge on any atom is 0.289 e. The maximum atomic E-state index is 12.6. The third-order valence-electron chi connectivity index (χ3n) is 4.10. The summed E-state index contributed by atoms with van der Waals surface area (Å²) in [6.07, 6.45) is 0.874. The van der Waals surface area contributed by atoms with Gasteiger partial charge in [0.2, 0.25) is 10.0 Å². The van der Waals surface area contributed by atoms with Crippen molar-refractivity contribution in [1.29, 1.82) is 0 Å². The van der Waals surface area contributed by atoms with E-state index in [2.05, 4.69) is 10.0 Å². The number of halogens is 1. The molecule has 1 unspecified atom stereocenters. The van der Waals surface area contributed by atoms with E-state index >= 15 is 0 Å². The van der Waals surface area contributed by atoms with Gasteiger partial charge in [-0.15, -0.1) is 0 Å². The van der Waals surface area contributed by atoms with Crippen LogP contribution in [0.15, 0.2) is 47.4 Å². The van der Waals surface area contributed by atoms with E-state index in [0.29, 0.717) is 0 Å². The molecular weight excluding hydrogens is 366 g/mol. The summed E-state index contributed by atoms with van der Waals surface area (Å²) < 4.78 is 27.6. The van der Waals surface area contributed by atoms with Crippen LogP contribution in [0, 0.1) is 10.1 Å². The average molecular weight is 382 g/mol. The zero-order chi connectivity index (χ0) is 18.0. The molecule has 1 heterocycles. The molecule has 2 aromatic rings.